The Hall–Kier alpha value is -1.36. The Balaban J connectivity index is 2.33. The fourth-order valence-corrected chi connectivity index (χ4v) is 2.32. The second-order valence-electron chi connectivity index (χ2n) is 4.39. The summed E-state index contributed by atoms with van der Waals surface area (Å²) in [5, 5.41) is 2.70. The molecule has 0 aromatic heterocycles. The summed E-state index contributed by atoms with van der Waals surface area (Å²) in [5.74, 6) is -0.161. The van der Waals surface area contributed by atoms with Crippen molar-refractivity contribution >= 4 is 33.4 Å². The zero-order chi connectivity index (χ0) is 13.3. The van der Waals surface area contributed by atoms with Crippen LogP contribution in [0.25, 0.3) is 0 Å². The smallest absolute Gasteiger partial charge is 0.250 e. The van der Waals surface area contributed by atoms with Crippen LogP contribution in [0.3, 0.4) is 0 Å². The second kappa shape index (κ2) is 5.10. The molecule has 1 saturated heterocycles. The summed E-state index contributed by atoms with van der Waals surface area (Å²) >= 11 is 3.44. The quantitative estimate of drug-likeness (QED) is 0.908. The van der Waals surface area contributed by atoms with Gasteiger partial charge in [0, 0.05) is 10.2 Å². The van der Waals surface area contributed by atoms with Crippen LogP contribution < -0.4 is 10.2 Å². The molecular formula is C13H15BrN2O2. The summed E-state index contributed by atoms with van der Waals surface area (Å²) in [5.41, 5.74) is 1.85. The number of anilines is 1. The molecule has 1 aromatic rings. The van der Waals surface area contributed by atoms with Crippen molar-refractivity contribution in [2.45, 2.75) is 26.3 Å². The lowest BCUT2D eigenvalue weighted by Crippen LogP contribution is -2.58. The zero-order valence-corrected chi connectivity index (χ0v) is 12.0. The van der Waals surface area contributed by atoms with E-state index in [0.717, 1.165) is 15.7 Å². The number of benzene rings is 1. The summed E-state index contributed by atoms with van der Waals surface area (Å²) in [6, 6.07) is 5.26. The number of amides is 2. The maximum absolute atomic E-state index is 12.2. The van der Waals surface area contributed by atoms with Crippen LogP contribution in [0.2, 0.25) is 0 Å². The SMILES string of the molecule is CCC1NC(=O)CN(c2ccc(C)c(Br)c2)C1=O. The average Bonchev–Trinajstić information content (AvgIpc) is 2.35. The molecular weight excluding hydrogens is 296 g/mol. The summed E-state index contributed by atoms with van der Waals surface area (Å²) in [4.78, 5) is 25.3. The molecule has 5 heteroatoms. The first-order valence-electron chi connectivity index (χ1n) is 5.89. The van der Waals surface area contributed by atoms with Gasteiger partial charge in [0.15, 0.2) is 0 Å². The molecule has 2 rings (SSSR count). The molecule has 0 spiro atoms. The molecule has 1 fully saturated rings. The van der Waals surface area contributed by atoms with Gasteiger partial charge >= 0.3 is 0 Å². The van der Waals surface area contributed by atoms with Crippen LogP contribution in [0, 0.1) is 6.92 Å². The number of carbonyl (C=O) groups excluding carboxylic acids is 2. The van der Waals surface area contributed by atoms with Crippen LogP contribution >= 0.6 is 15.9 Å². The average molecular weight is 311 g/mol. The van der Waals surface area contributed by atoms with Crippen LogP contribution in [0.4, 0.5) is 5.69 Å². The van der Waals surface area contributed by atoms with Crippen molar-refractivity contribution in [3.8, 4) is 0 Å². The summed E-state index contributed by atoms with van der Waals surface area (Å²) in [6.07, 6.45) is 0.605. The van der Waals surface area contributed by atoms with Crippen LogP contribution in [0.15, 0.2) is 22.7 Å². The molecule has 1 aliphatic rings. The second-order valence-corrected chi connectivity index (χ2v) is 5.24. The highest BCUT2D eigenvalue weighted by atomic mass is 79.9. The maximum atomic E-state index is 12.2. The van der Waals surface area contributed by atoms with Crippen LogP contribution in [0.1, 0.15) is 18.9 Å². The van der Waals surface area contributed by atoms with Gasteiger partial charge in [-0.25, -0.2) is 0 Å². The molecule has 1 aliphatic heterocycles. The highest BCUT2D eigenvalue weighted by Gasteiger charge is 2.32. The molecule has 96 valence electrons. The summed E-state index contributed by atoms with van der Waals surface area (Å²) in [6.45, 7) is 3.95. The predicted molar refractivity (Wildman–Crippen MR) is 73.5 cm³/mol. The molecule has 0 bridgehead atoms. The third-order valence-corrected chi connectivity index (χ3v) is 3.93. The zero-order valence-electron chi connectivity index (χ0n) is 10.4. The fourth-order valence-electron chi connectivity index (χ4n) is 1.96. The molecule has 0 aliphatic carbocycles. The van der Waals surface area contributed by atoms with Gasteiger partial charge in [-0.3, -0.25) is 9.59 Å². The van der Waals surface area contributed by atoms with E-state index in [4.69, 9.17) is 0 Å². The topological polar surface area (TPSA) is 49.4 Å². The number of piperazine rings is 1. The Morgan fingerprint density at radius 2 is 2.17 bits per heavy atom. The van der Waals surface area contributed by atoms with Gasteiger partial charge in [0.1, 0.15) is 12.6 Å². The van der Waals surface area contributed by atoms with E-state index in [-0.39, 0.29) is 18.4 Å². The minimum atomic E-state index is -0.411. The van der Waals surface area contributed by atoms with Gasteiger partial charge in [-0.1, -0.05) is 28.9 Å². The van der Waals surface area contributed by atoms with Crippen molar-refractivity contribution in [3.05, 3.63) is 28.2 Å². The summed E-state index contributed by atoms with van der Waals surface area (Å²) in [7, 11) is 0. The molecule has 1 unspecified atom stereocenters. The molecule has 0 saturated carbocycles. The first-order valence-corrected chi connectivity index (χ1v) is 6.69. The van der Waals surface area contributed by atoms with E-state index in [1.807, 2.05) is 32.0 Å². The minimum Gasteiger partial charge on any atom is -0.343 e. The lowest BCUT2D eigenvalue weighted by atomic mass is 10.1. The lowest BCUT2D eigenvalue weighted by Gasteiger charge is -2.32. The van der Waals surface area contributed by atoms with E-state index in [9.17, 15) is 9.59 Å². The first kappa shape index (κ1) is 13.1. The normalized spacial score (nSPS) is 19.9. The van der Waals surface area contributed by atoms with Gasteiger partial charge < -0.3 is 10.2 Å². The fraction of sp³-hybridized carbons (Fsp3) is 0.385. The number of nitrogens with one attached hydrogen (secondary N) is 1. The molecule has 2 amide bonds. The van der Waals surface area contributed by atoms with Crippen LogP contribution in [0.5, 0.6) is 0 Å². The molecule has 1 aromatic carbocycles. The third-order valence-electron chi connectivity index (χ3n) is 3.08. The van der Waals surface area contributed by atoms with Crippen molar-refractivity contribution in [1.29, 1.82) is 0 Å². The van der Waals surface area contributed by atoms with Crippen molar-refractivity contribution < 1.29 is 9.59 Å². The molecule has 18 heavy (non-hydrogen) atoms. The Bertz CT molecular complexity index is 502. The monoisotopic (exact) mass is 310 g/mol. The van der Waals surface area contributed by atoms with Gasteiger partial charge in [0.25, 0.3) is 0 Å². The number of carbonyl (C=O) groups is 2. The van der Waals surface area contributed by atoms with E-state index in [1.165, 1.54) is 4.90 Å². The van der Waals surface area contributed by atoms with E-state index in [0.29, 0.717) is 6.42 Å². The van der Waals surface area contributed by atoms with Crippen LogP contribution in [-0.2, 0) is 9.59 Å². The largest absolute Gasteiger partial charge is 0.343 e. The minimum absolute atomic E-state index is 0.0483. The number of halogens is 1. The number of hydrogen-bond acceptors (Lipinski definition) is 2. The van der Waals surface area contributed by atoms with E-state index < -0.39 is 6.04 Å². The Morgan fingerprint density at radius 1 is 1.44 bits per heavy atom. The van der Waals surface area contributed by atoms with Crippen LogP contribution in [-0.4, -0.2) is 24.4 Å². The van der Waals surface area contributed by atoms with Gasteiger partial charge in [0.05, 0.1) is 0 Å². The van der Waals surface area contributed by atoms with Crippen molar-refractivity contribution in [2.24, 2.45) is 0 Å². The van der Waals surface area contributed by atoms with E-state index in [2.05, 4.69) is 21.2 Å². The Labute approximate surface area is 114 Å². The van der Waals surface area contributed by atoms with E-state index >= 15 is 0 Å². The van der Waals surface area contributed by atoms with Gasteiger partial charge in [-0.15, -0.1) is 0 Å². The van der Waals surface area contributed by atoms with Gasteiger partial charge in [-0.2, -0.15) is 0 Å². The third kappa shape index (κ3) is 2.41. The van der Waals surface area contributed by atoms with Gasteiger partial charge in [-0.05, 0) is 31.0 Å². The van der Waals surface area contributed by atoms with Gasteiger partial charge in [0.2, 0.25) is 11.8 Å². The molecule has 0 radical (unpaired) electrons. The number of aryl methyl sites for hydroxylation is 1. The highest BCUT2D eigenvalue weighted by Crippen LogP contribution is 2.25. The first-order chi connectivity index (χ1) is 8.52. The summed E-state index contributed by atoms with van der Waals surface area (Å²) < 4.78 is 0.937. The van der Waals surface area contributed by atoms with E-state index in [1.54, 1.807) is 0 Å². The molecule has 1 N–H and O–H groups in total. The standard InChI is InChI=1S/C13H15BrN2O2/c1-3-11-13(18)16(7-12(17)15-11)9-5-4-8(2)10(14)6-9/h4-6,11H,3,7H2,1-2H3,(H,15,17). The maximum Gasteiger partial charge on any atom is 0.250 e. The highest BCUT2D eigenvalue weighted by molar-refractivity contribution is 9.10. The number of nitrogens with zero attached hydrogens (tertiary/aromatic N) is 1. The molecule has 1 heterocycles. The number of hydrogen-bond donors (Lipinski definition) is 1. The predicted octanol–water partition coefficient (Wildman–Crippen LogP) is 2.00. The van der Waals surface area contributed by atoms with Crippen molar-refractivity contribution in [2.75, 3.05) is 11.4 Å². The molecule has 1 atom stereocenters. The Kier molecular flexibility index (Phi) is 3.71. The molecule has 4 nitrogen and oxygen atoms in total. The van der Waals surface area contributed by atoms with Crippen molar-refractivity contribution in [1.82, 2.24) is 5.32 Å². The lowest BCUT2D eigenvalue weighted by molar-refractivity contribution is -0.131. The number of rotatable bonds is 2. The van der Waals surface area contributed by atoms with Crippen molar-refractivity contribution in [3.63, 3.8) is 0 Å². The Morgan fingerprint density at radius 3 is 2.78 bits per heavy atom.